The van der Waals surface area contributed by atoms with E-state index < -0.39 is 11.9 Å². The Morgan fingerprint density at radius 2 is 1.95 bits per heavy atom. The Kier molecular flexibility index (Phi) is 3.74. The van der Waals surface area contributed by atoms with Gasteiger partial charge >= 0.3 is 5.97 Å². The maximum absolute atomic E-state index is 11.7. The highest BCUT2D eigenvalue weighted by atomic mass is 16.4. The summed E-state index contributed by atoms with van der Waals surface area (Å²) in [7, 11) is 0. The molecule has 7 heteroatoms. The second-order valence-corrected chi connectivity index (χ2v) is 4.24. The number of aromatic carboxylic acids is 1. The molecule has 2 rings (SSSR count). The van der Waals surface area contributed by atoms with Crippen molar-refractivity contribution in [3.63, 3.8) is 0 Å². The number of carboxylic acids is 1. The Hall–Kier alpha value is -2.44. The van der Waals surface area contributed by atoms with E-state index in [1.807, 2.05) is 0 Å². The minimum absolute atomic E-state index is 0.0286. The zero-order valence-corrected chi connectivity index (χ0v) is 10.0. The lowest BCUT2D eigenvalue weighted by molar-refractivity contribution is -0.120. The number of carbonyl (C=O) groups is 3. The Labute approximate surface area is 109 Å². The summed E-state index contributed by atoms with van der Waals surface area (Å²) < 4.78 is 0. The average Bonchev–Trinajstić information content (AvgIpc) is 3.20. The predicted molar refractivity (Wildman–Crippen MR) is 64.7 cm³/mol. The highest BCUT2D eigenvalue weighted by Crippen LogP contribution is 2.18. The number of aromatic nitrogens is 1. The maximum Gasteiger partial charge on any atom is 0.354 e. The minimum atomic E-state index is -1.21. The van der Waals surface area contributed by atoms with Crippen molar-refractivity contribution in [2.24, 2.45) is 0 Å². The van der Waals surface area contributed by atoms with Crippen molar-refractivity contribution in [3.8, 4) is 0 Å². The first-order chi connectivity index (χ1) is 9.06. The van der Waals surface area contributed by atoms with Gasteiger partial charge in [-0.25, -0.2) is 9.78 Å². The molecule has 0 unspecified atom stereocenters. The molecular weight excluding hydrogens is 250 g/mol. The number of carbonyl (C=O) groups excluding carboxylic acids is 2. The number of rotatable bonds is 5. The summed E-state index contributed by atoms with van der Waals surface area (Å²) in [6.45, 7) is -0.145. The Morgan fingerprint density at radius 1 is 1.26 bits per heavy atom. The van der Waals surface area contributed by atoms with Gasteiger partial charge in [0.2, 0.25) is 5.91 Å². The van der Waals surface area contributed by atoms with Gasteiger partial charge in [-0.1, -0.05) is 6.07 Å². The van der Waals surface area contributed by atoms with E-state index in [0.29, 0.717) is 0 Å². The van der Waals surface area contributed by atoms with Gasteiger partial charge in [-0.15, -0.1) is 0 Å². The average molecular weight is 263 g/mol. The second-order valence-electron chi connectivity index (χ2n) is 4.24. The summed E-state index contributed by atoms with van der Waals surface area (Å²) in [5.41, 5.74) is -0.241. The number of pyridine rings is 1. The molecule has 19 heavy (non-hydrogen) atoms. The third-order valence-corrected chi connectivity index (χ3v) is 2.55. The number of nitrogens with zero attached hydrogens (tertiary/aromatic N) is 1. The lowest BCUT2D eigenvalue weighted by Gasteiger charge is -2.05. The van der Waals surface area contributed by atoms with E-state index in [-0.39, 0.29) is 29.9 Å². The van der Waals surface area contributed by atoms with Crippen LogP contribution in [0.3, 0.4) is 0 Å². The SMILES string of the molecule is O=C(CNC(=O)c1cccc(C(=O)O)n1)NC1CC1. The van der Waals surface area contributed by atoms with Crippen LogP contribution >= 0.6 is 0 Å². The topological polar surface area (TPSA) is 108 Å². The molecule has 1 saturated carbocycles. The van der Waals surface area contributed by atoms with Crippen molar-refractivity contribution in [3.05, 3.63) is 29.6 Å². The summed E-state index contributed by atoms with van der Waals surface area (Å²) in [6.07, 6.45) is 1.95. The van der Waals surface area contributed by atoms with E-state index >= 15 is 0 Å². The molecular formula is C12H13N3O4. The zero-order valence-electron chi connectivity index (χ0n) is 10.0. The van der Waals surface area contributed by atoms with E-state index in [4.69, 9.17) is 5.11 Å². The third-order valence-electron chi connectivity index (χ3n) is 2.55. The van der Waals surface area contributed by atoms with E-state index in [0.717, 1.165) is 12.8 Å². The molecule has 1 heterocycles. The Bertz CT molecular complexity index is 525. The molecule has 0 radical (unpaired) electrons. The van der Waals surface area contributed by atoms with Crippen molar-refractivity contribution >= 4 is 17.8 Å². The summed E-state index contributed by atoms with van der Waals surface area (Å²) in [6, 6.07) is 4.34. The first-order valence-corrected chi connectivity index (χ1v) is 5.84. The third kappa shape index (κ3) is 3.77. The van der Waals surface area contributed by atoms with Gasteiger partial charge in [0, 0.05) is 6.04 Å². The molecule has 0 saturated heterocycles. The molecule has 3 N–H and O–H groups in total. The lowest BCUT2D eigenvalue weighted by atomic mass is 10.3. The molecule has 7 nitrogen and oxygen atoms in total. The minimum Gasteiger partial charge on any atom is -0.477 e. The quantitative estimate of drug-likeness (QED) is 0.681. The molecule has 0 aromatic carbocycles. The summed E-state index contributed by atoms with van der Waals surface area (Å²) in [4.78, 5) is 37.4. The van der Waals surface area contributed by atoms with Crippen molar-refractivity contribution in [2.75, 3.05) is 6.54 Å². The van der Waals surface area contributed by atoms with E-state index in [2.05, 4.69) is 15.6 Å². The normalized spacial score (nSPS) is 13.7. The van der Waals surface area contributed by atoms with Gasteiger partial charge in [-0.05, 0) is 25.0 Å². The standard InChI is InChI=1S/C12H13N3O4/c16-10(14-7-4-5-7)6-13-11(17)8-2-1-3-9(15-8)12(18)19/h1-3,7H,4-6H2,(H,13,17)(H,14,16)(H,18,19). The smallest absolute Gasteiger partial charge is 0.354 e. The van der Waals surface area contributed by atoms with Gasteiger partial charge in [-0.3, -0.25) is 9.59 Å². The summed E-state index contributed by atoms with van der Waals surface area (Å²) >= 11 is 0. The molecule has 0 aliphatic heterocycles. The van der Waals surface area contributed by atoms with Crippen molar-refractivity contribution in [1.29, 1.82) is 0 Å². The van der Waals surface area contributed by atoms with Crippen LogP contribution in [0, 0.1) is 0 Å². The predicted octanol–water partition coefficient (Wildman–Crippen LogP) is -0.212. The van der Waals surface area contributed by atoms with Crippen LogP contribution in [-0.4, -0.2) is 40.5 Å². The van der Waals surface area contributed by atoms with Crippen LogP contribution < -0.4 is 10.6 Å². The zero-order chi connectivity index (χ0) is 13.8. The van der Waals surface area contributed by atoms with E-state index in [1.165, 1.54) is 18.2 Å². The van der Waals surface area contributed by atoms with Gasteiger partial charge in [-0.2, -0.15) is 0 Å². The van der Waals surface area contributed by atoms with Gasteiger partial charge in [0.25, 0.3) is 5.91 Å². The van der Waals surface area contributed by atoms with Crippen LogP contribution in [0.4, 0.5) is 0 Å². The number of nitrogens with one attached hydrogen (secondary N) is 2. The van der Waals surface area contributed by atoms with Crippen LogP contribution in [0.15, 0.2) is 18.2 Å². The molecule has 1 aliphatic rings. The van der Waals surface area contributed by atoms with Crippen LogP contribution in [0.2, 0.25) is 0 Å². The van der Waals surface area contributed by atoms with Crippen molar-refractivity contribution in [1.82, 2.24) is 15.6 Å². The molecule has 2 amide bonds. The Morgan fingerprint density at radius 3 is 2.58 bits per heavy atom. The van der Waals surface area contributed by atoms with Crippen molar-refractivity contribution in [2.45, 2.75) is 18.9 Å². The largest absolute Gasteiger partial charge is 0.477 e. The molecule has 0 spiro atoms. The van der Waals surface area contributed by atoms with Gasteiger partial charge in [0.15, 0.2) is 0 Å². The lowest BCUT2D eigenvalue weighted by Crippen LogP contribution is -2.38. The molecule has 0 atom stereocenters. The number of carboxylic acid groups (broad SMARTS) is 1. The fourth-order valence-electron chi connectivity index (χ4n) is 1.44. The van der Waals surface area contributed by atoms with Gasteiger partial charge < -0.3 is 15.7 Å². The van der Waals surface area contributed by atoms with E-state index in [9.17, 15) is 14.4 Å². The summed E-state index contributed by atoms with van der Waals surface area (Å²) in [5, 5.41) is 13.9. The van der Waals surface area contributed by atoms with Crippen LogP contribution in [0.25, 0.3) is 0 Å². The summed E-state index contributed by atoms with van der Waals surface area (Å²) in [5.74, 6) is -2.04. The van der Waals surface area contributed by atoms with Crippen LogP contribution in [0.1, 0.15) is 33.8 Å². The van der Waals surface area contributed by atoms with Crippen LogP contribution in [-0.2, 0) is 4.79 Å². The van der Waals surface area contributed by atoms with Crippen LogP contribution in [0.5, 0.6) is 0 Å². The number of hydrogen-bond donors (Lipinski definition) is 3. The fraction of sp³-hybridized carbons (Fsp3) is 0.333. The molecule has 1 aromatic rings. The number of amides is 2. The first kappa shape index (κ1) is 13.0. The molecule has 100 valence electrons. The van der Waals surface area contributed by atoms with Crippen molar-refractivity contribution < 1.29 is 19.5 Å². The van der Waals surface area contributed by atoms with E-state index in [1.54, 1.807) is 0 Å². The van der Waals surface area contributed by atoms with Gasteiger partial charge in [0.05, 0.1) is 6.54 Å². The monoisotopic (exact) mass is 263 g/mol. The molecule has 0 bridgehead atoms. The second kappa shape index (κ2) is 5.47. The fourth-order valence-corrected chi connectivity index (χ4v) is 1.44. The Balaban J connectivity index is 1.89. The highest BCUT2D eigenvalue weighted by Gasteiger charge is 2.23. The molecule has 1 aromatic heterocycles. The van der Waals surface area contributed by atoms with Gasteiger partial charge in [0.1, 0.15) is 11.4 Å². The molecule has 1 fully saturated rings. The molecule has 1 aliphatic carbocycles. The maximum atomic E-state index is 11.7. The highest BCUT2D eigenvalue weighted by molar-refractivity contribution is 5.96. The first-order valence-electron chi connectivity index (χ1n) is 5.84. The number of hydrogen-bond acceptors (Lipinski definition) is 4.